The molecular formula is C29H31ClN2O4S. The van der Waals surface area contributed by atoms with Gasteiger partial charge in [-0.05, 0) is 60.7 Å². The number of thiophene rings is 1. The van der Waals surface area contributed by atoms with Gasteiger partial charge in [0.2, 0.25) is 0 Å². The number of carbonyl (C=O) groups excluding carboxylic acids is 3. The zero-order valence-electron chi connectivity index (χ0n) is 20.9. The maximum atomic E-state index is 13.4. The number of amides is 1. The molecule has 3 aromatic rings. The van der Waals surface area contributed by atoms with Crippen molar-refractivity contribution in [3.05, 3.63) is 92.1 Å². The third-order valence-electron chi connectivity index (χ3n) is 6.55. The van der Waals surface area contributed by atoms with Crippen LogP contribution < -0.4 is 5.32 Å². The van der Waals surface area contributed by atoms with Crippen LogP contribution in [-0.4, -0.2) is 48.7 Å². The van der Waals surface area contributed by atoms with Gasteiger partial charge in [0.15, 0.2) is 5.78 Å². The second-order valence-electron chi connectivity index (χ2n) is 9.36. The number of likely N-dealkylation sites (N-methyl/N-ethyl adjacent to an activating group) is 1. The van der Waals surface area contributed by atoms with E-state index in [2.05, 4.69) is 29.4 Å². The van der Waals surface area contributed by atoms with Crippen LogP contribution in [0.25, 0.3) is 0 Å². The summed E-state index contributed by atoms with van der Waals surface area (Å²) in [5, 5.41) is 2.82. The summed E-state index contributed by atoms with van der Waals surface area (Å²) < 4.78 is 5.86. The number of hydrogen-bond donors (Lipinski definition) is 1. The molecule has 0 unspecified atom stereocenters. The highest BCUT2D eigenvalue weighted by atomic mass is 35.5. The van der Waals surface area contributed by atoms with Crippen LogP contribution in [0.2, 0.25) is 4.34 Å². The molecular weight excluding hydrogens is 508 g/mol. The Morgan fingerprint density at radius 1 is 1.00 bits per heavy atom. The fourth-order valence-electron chi connectivity index (χ4n) is 4.38. The van der Waals surface area contributed by atoms with Gasteiger partial charge in [-0.1, -0.05) is 60.1 Å². The molecule has 0 saturated carbocycles. The predicted octanol–water partition coefficient (Wildman–Crippen LogP) is 4.87. The van der Waals surface area contributed by atoms with E-state index < -0.39 is 12.0 Å². The number of carbonyl (C=O) groups is 3. The Bertz CT molecular complexity index is 1240. The van der Waals surface area contributed by atoms with Crippen LogP contribution in [0.3, 0.4) is 0 Å². The lowest BCUT2D eigenvalue weighted by atomic mass is 9.95. The second kappa shape index (κ2) is 13.0. The quantitative estimate of drug-likeness (QED) is 0.373. The molecule has 4 rings (SSSR count). The Kier molecular flexibility index (Phi) is 9.50. The van der Waals surface area contributed by atoms with Gasteiger partial charge in [0.25, 0.3) is 5.91 Å². The van der Waals surface area contributed by atoms with Gasteiger partial charge in [-0.3, -0.25) is 14.4 Å². The van der Waals surface area contributed by atoms with Gasteiger partial charge in [0, 0.05) is 25.9 Å². The monoisotopic (exact) mass is 538 g/mol. The first-order valence-electron chi connectivity index (χ1n) is 12.4. The molecule has 0 spiro atoms. The lowest BCUT2D eigenvalue weighted by Gasteiger charge is -2.18. The summed E-state index contributed by atoms with van der Waals surface area (Å²) in [6.45, 7) is 2.17. The highest BCUT2D eigenvalue weighted by Crippen LogP contribution is 2.22. The Morgan fingerprint density at radius 3 is 2.49 bits per heavy atom. The van der Waals surface area contributed by atoms with E-state index in [1.54, 1.807) is 12.1 Å². The lowest BCUT2D eigenvalue weighted by molar-refractivity contribution is -0.145. The van der Waals surface area contributed by atoms with E-state index in [-0.39, 0.29) is 37.6 Å². The summed E-state index contributed by atoms with van der Waals surface area (Å²) in [6, 6.07) is 18.1. The van der Waals surface area contributed by atoms with Crippen LogP contribution >= 0.6 is 22.9 Å². The molecule has 194 valence electrons. The molecule has 0 aliphatic carbocycles. The van der Waals surface area contributed by atoms with Crippen molar-refractivity contribution >= 4 is 40.6 Å². The molecule has 0 saturated heterocycles. The van der Waals surface area contributed by atoms with Crippen molar-refractivity contribution in [3.8, 4) is 0 Å². The summed E-state index contributed by atoms with van der Waals surface area (Å²) in [5.74, 6) is -0.931. The first-order chi connectivity index (χ1) is 17.9. The number of nitrogens with zero attached hydrogens (tertiary/aromatic N) is 1. The van der Waals surface area contributed by atoms with Crippen LogP contribution in [0.5, 0.6) is 0 Å². The minimum atomic E-state index is -0.817. The number of halogens is 1. The number of fused-ring (bicyclic) bond motifs is 1. The highest BCUT2D eigenvalue weighted by molar-refractivity contribution is 7.18. The van der Waals surface area contributed by atoms with Crippen LogP contribution in [0.1, 0.15) is 44.8 Å². The number of benzene rings is 2. The van der Waals surface area contributed by atoms with Crippen molar-refractivity contribution < 1.29 is 19.1 Å². The Balaban J connectivity index is 1.41. The SMILES string of the molecule is CN1CCc2ccc(CC(=O)[C@@H](CCC(=O)OCc3ccccc3)NC(=O)c3ccc(Cl)s3)cc2CC1. The Labute approximate surface area is 226 Å². The third-order valence-corrected chi connectivity index (χ3v) is 7.78. The summed E-state index contributed by atoms with van der Waals surface area (Å²) in [7, 11) is 2.12. The van der Waals surface area contributed by atoms with Gasteiger partial charge >= 0.3 is 5.97 Å². The molecule has 1 aromatic heterocycles. The molecule has 8 heteroatoms. The average Bonchev–Trinajstić information content (AvgIpc) is 3.25. The minimum absolute atomic E-state index is 0.0191. The van der Waals surface area contributed by atoms with E-state index in [4.69, 9.17) is 16.3 Å². The van der Waals surface area contributed by atoms with Gasteiger partial charge in [-0.15, -0.1) is 11.3 Å². The summed E-state index contributed by atoms with van der Waals surface area (Å²) in [5.41, 5.74) is 4.40. The van der Waals surface area contributed by atoms with Crippen LogP contribution in [0, 0.1) is 0 Å². The zero-order chi connectivity index (χ0) is 26.2. The zero-order valence-corrected chi connectivity index (χ0v) is 22.4. The largest absolute Gasteiger partial charge is 0.461 e. The molecule has 1 aliphatic rings. The fraction of sp³-hybridized carbons (Fsp3) is 0.345. The Hall–Kier alpha value is -3.00. The molecule has 1 amide bonds. The van der Waals surface area contributed by atoms with Crippen molar-refractivity contribution in [2.75, 3.05) is 20.1 Å². The van der Waals surface area contributed by atoms with Crippen molar-refractivity contribution in [2.24, 2.45) is 0 Å². The molecule has 1 aliphatic heterocycles. The molecule has 2 aromatic carbocycles. The molecule has 0 fully saturated rings. The summed E-state index contributed by atoms with van der Waals surface area (Å²) >= 11 is 7.13. The van der Waals surface area contributed by atoms with Crippen molar-refractivity contribution in [2.45, 2.75) is 44.8 Å². The number of nitrogens with one attached hydrogen (secondary N) is 1. The third kappa shape index (κ3) is 7.99. The van der Waals surface area contributed by atoms with Crippen LogP contribution in [0.4, 0.5) is 0 Å². The molecule has 2 heterocycles. The number of esters is 1. The first kappa shape index (κ1) is 27.0. The highest BCUT2D eigenvalue weighted by Gasteiger charge is 2.24. The predicted molar refractivity (Wildman–Crippen MR) is 146 cm³/mol. The number of ketones is 1. The van der Waals surface area contributed by atoms with Gasteiger partial charge < -0.3 is 15.0 Å². The van der Waals surface area contributed by atoms with E-state index >= 15 is 0 Å². The van der Waals surface area contributed by atoms with E-state index in [0.29, 0.717) is 9.21 Å². The van der Waals surface area contributed by atoms with E-state index in [1.807, 2.05) is 36.4 Å². The van der Waals surface area contributed by atoms with E-state index in [0.717, 1.165) is 48.4 Å². The second-order valence-corrected chi connectivity index (χ2v) is 11.1. The Morgan fingerprint density at radius 2 is 1.76 bits per heavy atom. The van der Waals surface area contributed by atoms with Crippen LogP contribution in [-0.2, 0) is 40.2 Å². The van der Waals surface area contributed by atoms with Crippen molar-refractivity contribution in [1.82, 2.24) is 10.2 Å². The number of rotatable bonds is 10. The summed E-state index contributed by atoms with van der Waals surface area (Å²) in [6.07, 6.45) is 2.30. The van der Waals surface area contributed by atoms with Gasteiger partial charge in [0.1, 0.15) is 6.61 Å². The molecule has 37 heavy (non-hydrogen) atoms. The average molecular weight is 539 g/mol. The molecule has 1 atom stereocenters. The van der Waals surface area contributed by atoms with Crippen molar-refractivity contribution in [1.29, 1.82) is 0 Å². The minimum Gasteiger partial charge on any atom is -0.461 e. The molecule has 1 N–H and O–H groups in total. The standard InChI is InChI=1S/C29H31ClN2O4S/c1-32-15-13-22-8-7-21(17-23(22)14-16-32)18-25(33)24(31-29(35)26-10-11-27(30)37-26)9-12-28(34)36-19-20-5-3-2-4-6-20/h2-8,10-11,17,24H,9,12-16,18-19H2,1H3,(H,31,35)/t24-/m1/s1. The van der Waals surface area contributed by atoms with Crippen molar-refractivity contribution in [3.63, 3.8) is 0 Å². The molecule has 6 nitrogen and oxygen atoms in total. The van der Waals surface area contributed by atoms with Gasteiger partial charge in [-0.25, -0.2) is 0 Å². The maximum absolute atomic E-state index is 13.4. The van der Waals surface area contributed by atoms with Crippen LogP contribution in [0.15, 0.2) is 60.7 Å². The van der Waals surface area contributed by atoms with Gasteiger partial charge in [0.05, 0.1) is 15.3 Å². The molecule has 0 bridgehead atoms. The first-order valence-corrected chi connectivity index (χ1v) is 13.6. The lowest BCUT2D eigenvalue weighted by Crippen LogP contribution is -2.41. The topological polar surface area (TPSA) is 75.7 Å². The van der Waals surface area contributed by atoms with E-state index in [1.165, 1.54) is 11.1 Å². The van der Waals surface area contributed by atoms with Gasteiger partial charge in [-0.2, -0.15) is 0 Å². The van der Waals surface area contributed by atoms with E-state index in [9.17, 15) is 14.4 Å². The number of hydrogen-bond acceptors (Lipinski definition) is 6. The number of Topliss-reactive ketones (excluding diaryl/α,β-unsaturated/α-hetero) is 1. The smallest absolute Gasteiger partial charge is 0.306 e. The normalized spacial score (nSPS) is 14.3. The maximum Gasteiger partial charge on any atom is 0.306 e. The fourth-order valence-corrected chi connectivity index (χ4v) is 5.32. The molecule has 0 radical (unpaired) electrons. The number of ether oxygens (including phenoxy) is 1. The summed E-state index contributed by atoms with van der Waals surface area (Å²) in [4.78, 5) is 41.3.